The fourth-order valence-electron chi connectivity index (χ4n) is 2.85. The lowest BCUT2D eigenvalue weighted by molar-refractivity contribution is -0.178. The molecule has 0 radical (unpaired) electrons. The molecule has 1 saturated heterocycles. The van der Waals surface area contributed by atoms with E-state index in [2.05, 4.69) is 37.6 Å². The van der Waals surface area contributed by atoms with Crippen molar-refractivity contribution in [2.24, 2.45) is 0 Å². The van der Waals surface area contributed by atoms with Crippen LogP contribution in [0.1, 0.15) is 38.2 Å². The average molecular weight is 250 g/mol. The molecule has 0 aliphatic carbocycles. The number of rotatable bonds is 3. The maximum absolute atomic E-state index is 12.1. The van der Waals surface area contributed by atoms with Crippen molar-refractivity contribution in [3.63, 3.8) is 0 Å². The Bertz CT molecular complexity index is 405. The van der Waals surface area contributed by atoms with Crippen molar-refractivity contribution >= 4 is 5.78 Å². The molecule has 4 heteroatoms. The van der Waals surface area contributed by atoms with Gasteiger partial charge in [-0.15, -0.1) is 0 Å². The number of H-pyrrole nitrogens is 1. The van der Waals surface area contributed by atoms with E-state index in [0.29, 0.717) is 12.2 Å². The highest BCUT2D eigenvalue weighted by molar-refractivity contribution is 5.95. The van der Waals surface area contributed by atoms with Crippen molar-refractivity contribution in [2.75, 3.05) is 19.6 Å². The summed E-state index contributed by atoms with van der Waals surface area (Å²) in [6, 6.07) is 3.67. The number of carbonyl (C=O) groups is 1. The summed E-state index contributed by atoms with van der Waals surface area (Å²) in [7, 11) is 0. The maximum Gasteiger partial charge on any atom is 0.192 e. The van der Waals surface area contributed by atoms with E-state index in [9.17, 15) is 4.79 Å². The molecular weight excluding hydrogens is 228 g/mol. The lowest BCUT2D eigenvalue weighted by atomic mass is 9.98. The van der Waals surface area contributed by atoms with Crippen LogP contribution in [0.4, 0.5) is 0 Å². The van der Waals surface area contributed by atoms with E-state index >= 15 is 0 Å². The van der Waals surface area contributed by atoms with Gasteiger partial charge in [0.2, 0.25) is 0 Å². The van der Waals surface area contributed by atoms with Gasteiger partial charge in [0.05, 0.1) is 23.4 Å². The number of Topliss-reactive ketones (excluding diaryl/α,β-unsaturated/α-hetero) is 1. The van der Waals surface area contributed by atoms with E-state index in [-0.39, 0.29) is 17.0 Å². The molecule has 1 aromatic rings. The molecule has 2 rings (SSSR count). The molecular formula is C14H22N2O2. The molecule has 100 valence electrons. The second-order valence-corrected chi connectivity index (χ2v) is 6.27. The van der Waals surface area contributed by atoms with Crippen molar-refractivity contribution < 1.29 is 9.53 Å². The first-order chi connectivity index (χ1) is 8.27. The zero-order valence-electron chi connectivity index (χ0n) is 11.6. The van der Waals surface area contributed by atoms with Crippen LogP contribution >= 0.6 is 0 Å². The monoisotopic (exact) mass is 250 g/mol. The summed E-state index contributed by atoms with van der Waals surface area (Å²) in [5.74, 6) is 0.133. The molecule has 2 heterocycles. The number of carbonyl (C=O) groups excluding carboxylic acids is 1. The van der Waals surface area contributed by atoms with Gasteiger partial charge in [-0.3, -0.25) is 9.69 Å². The molecule has 0 atom stereocenters. The second-order valence-electron chi connectivity index (χ2n) is 6.27. The number of aromatic amines is 1. The largest absolute Gasteiger partial charge is 0.367 e. The Morgan fingerprint density at radius 2 is 1.94 bits per heavy atom. The van der Waals surface area contributed by atoms with Crippen LogP contribution in [0.5, 0.6) is 0 Å². The predicted octanol–water partition coefficient (Wildman–Crippen LogP) is 2.09. The number of aromatic nitrogens is 1. The number of hydrogen-bond donors (Lipinski definition) is 1. The topological polar surface area (TPSA) is 45.3 Å². The lowest BCUT2D eigenvalue weighted by Crippen LogP contribution is -2.58. The third-order valence-corrected chi connectivity index (χ3v) is 3.03. The van der Waals surface area contributed by atoms with E-state index in [1.165, 1.54) is 0 Å². The van der Waals surface area contributed by atoms with Gasteiger partial charge in [0, 0.05) is 19.3 Å². The van der Waals surface area contributed by atoms with Crippen LogP contribution in [0.3, 0.4) is 0 Å². The first kappa shape index (κ1) is 13.3. The van der Waals surface area contributed by atoms with Crippen molar-refractivity contribution in [2.45, 2.75) is 38.9 Å². The van der Waals surface area contributed by atoms with E-state index in [0.717, 1.165) is 13.1 Å². The standard InChI is InChI=1S/C14H22N2O2/c1-13(2)9-16(10-14(3,4)18-13)8-12(17)11-6-5-7-15-11/h5-7,15H,8-10H2,1-4H3. The van der Waals surface area contributed by atoms with Crippen LogP contribution in [0, 0.1) is 0 Å². The first-order valence-electron chi connectivity index (χ1n) is 6.37. The Morgan fingerprint density at radius 1 is 1.33 bits per heavy atom. The number of ether oxygens (including phenoxy) is 1. The van der Waals surface area contributed by atoms with Gasteiger partial charge < -0.3 is 9.72 Å². The van der Waals surface area contributed by atoms with Crippen molar-refractivity contribution in [1.82, 2.24) is 9.88 Å². The number of nitrogens with one attached hydrogen (secondary N) is 1. The molecule has 0 saturated carbocycles. The minimum Gasteiger partial charge on any atom is -0.367 e. The molecule has 0 bridgehead atoms. The molecule has 0 spiro atoms. The van der Waals surface area contributed by atoms with E-state index in [1.54, 1.807) is 6.20 Å². The fraction of sp³-hybridized carbons (Fsp3) is 0.643. The van der Waals surface area contributed by atoms with Gasteiger partial charge >= 0.3 is 0 Å². The Hall–Kier alpha value is -1.13. The SMILES string of the molecule is CC1(C)CN(CC(=O)c2ccc[nH]2)CC(C)(C)O1. The quantitative estimate of drug-likeness (QED) is 0.835. The zero-order valence-corrected chi connectivity index (χ0v) is 11.6. The summed E-state index contributed by atoms with van der Waals surface area (Å²) in [6.07, 6.45) is 1.78. The minimum absolute atomic E-state index is 0.133. The lowest BCUT2D eigenvalue weighted by Gasteiger charge is -2.46. The molecule has 0 amide bonds. The molecule has 1 N–H and O–H groups in total. The van der Waals surface area contributed by atoms with Crippen LogP contribution < -0.4 is 0 Å². The maximum atomic E-state index is 12.1. The summed E-state index contributed by atoms with van der Waals surface area (Å²) in [5.41, 5.74) is 0.257. The Kier molecular flexibility index (Phi) is 3.34. The molecule has 18 heavy (non-hydrogen) atoms. The Labute approximate surface area is 108 Å². The van der Waals surface area contributed by atoms with Crippen molar-refractivity contribution in [1.29, 1.82) is 0 Å². The van der Waals surface area contributed by atoms with E-state index in [1.807, 2.05) is 12.1 Å². The van der Waals surface area contributed by atoms with Gasteiger partial charge in [0.25, 0.3) is 0 Å². The average Bonchev–Trinajstić information content (AvgIpc) is 2.63. The smallest absolute Gasteiger partial charge is 0.192 e. The van der Waals surface area contributed by atoms with Gasteiger partial charge in [-0.25, -0.2) is 0 Å². The molecule has 0 unspecified atom stereocenters. The van der Waals surface area contributed by atoms with Crippen molar-refractivity contribution in [3.8, 4) is 0 Å². The highest BCUT2D eigenvalue weighted by atomic mass is 16.5. The van der Waals surface area contributed by atoms with Crippen LogP contribution in [0.25, 0.3) is 0 Å². The van der Waals surface area contributed by atoms with E-state index < -0.39 is 0 Å². The summed E-state index contributed by atoms with van der Waals surface area (Å²) in [5, 5.41) is 0. The number of morpholine rings is 1. The molecule has 0 aromatic carbocycles. The summed E-state index contributed by atoms with van der Waals surface area (Å²) in [6.45, 7) is 10.3. The van der Waals surface area contributed by atoms with Crippen LogP contribution in [-0.4, -0.2) is 46.5 Å². The van der Waals surface area contributed by atoms with Gasteiger partial charge in [0.1, 0.15) is 0 Å². The number of ketones is 1. The van der Waals surface area contributed by atoms with Crippen molar-refractivity contribution in [3.05, 3.63) is 24.0 Å². The summed E-state index contributed by atoms with van der Waals surface area (Å²) >= 11 is 0. The first-order valence-corrected chi connectivity index (χ1v) is 6.37. The third kappa shape index (κ3) is 3.21. The molecule has 1 fully saturated rings. The number of nitrogens with zero attached hydrogens (tertiary/aromatic N) is 1. The molecule has 1 aliphatic heterocycles. The zero-order chi connectivity index (χ0) is 13.4. The fourth-order valence-corrected chi connectivity index (χ4v) is 2.85. The highest BCUT2D eigenvalue weighted by Crippen LogP contribution is 2.27. The van der Waals surface area contributed by atoms with Gasteiger partial charge in [0.15, 0.2) is 5.78 Å². The molecule has 4 nitrogen and oxygen atoms in total. The minimum atomic E-state index is -0.211. The van der Waals surface area contributed by atoms with Crippen LogP contribution in [-0.2, 0) is 4.74 Å². The third-order valence-electron chi connectivity index (χ3n) is 3.03. The molecule has 1 aromatic heterocycles. The van der Waals surface area contributed by atoms with Gasteiger partial charge in [-0.05, 0) is 39.8 Å². The van der Waals surface area contributed by atoms with Gasteiger partial charge in [-0.2, -0.15) is 0 Å². The van der Waals surface area contributed by atoms with Crippen LogP contribution in [0.15, 0.2) is 18.3 Å². The second kappa shape index (κ2) is 4.52. The summed E-state index contributed by atoms with van der Waals surface area (Å²) < 4.78 is 6.00. The van der Waals surface area contributed by atoms with E-state index in [4.69, 9.17) is 4.74 Å². The Morgan fingerprint density at radius 3 is 2.44 bits per heavy atom. The normalized spacial score (nSPS) is 22.9. The predicted molar refractivity (Wildman–Crippen MR) is 70.8 cm³/mol. The Balaban J connectivity index is 2.03. The summed E-state index contributed by atoms with van der Waals surface area (Å²) in [4.78, 5) is 17.2. The highest BCUT2D eigenvalue weighted by Gasteiger charge is 2.38. The molecule has 1 aliphatic rings. The van der Waals surface area contributed by atoms with Crippen LogP contribution in [0.2, 0.25) is 0 Å². The number of hydrogen-bond acceptors (Lipinski definition) is 3. The van der Waals surface area contributed by atoms with Gasteiger partial charge in [-0.1, -0.05) is 0 Å².